The van der Waals surface area contributed by atoms with E-state index in [4.69, 9.17) is 9.73 Å². The third kappa shape index (κ3) is 9.76. The Balaban J connectivity index is 0.00000364. The number of rotatable bonds is 12. The summed E-state index contributed by atoms with van der Waals surface area (Å²) < 4.78 is 5.11. The molecule has 0 amide bonds. The van der Waals surface area contributed by atoms with E-state index in [0.29, 0.717) is 5.41 Å². The standard InChI is InChI=1S/C21H36N4O.HI/c1-4-22-20(23-13-15-25(2)14-8-16-26-3)24-18-21(11-12-21)17-19-9-6-5-7-10-19;/h5-7,9-10H,4,8,11-18H2,1-3H3,(H2,22,23,24);1H. The maximum atomic E-state index is 5.11. The number of nitrogens with one attached hydrogen (secondary N) is 2. The normalized spacial score (nSPS) is 15.3. The third-order valence-corrected chi connectivity index (χ3v) is 4.97. The highest BCUT2D eigenvalue weighted by molar-refractivity contribution is 14.0. The van der Waals surface area contributed by atoms with Gasteiger partial charge < -0.3 is 20.3 Å². The molecule has 0 unspecified atom stereocenters. The second-order valence-corrected chi connectivity index (χ2v) is 7.43. The number of hydrogen-bond acceptors (Lipinski definition) is 3. The van der Waals surface area contributed by atoms with Crippen LogP contribution in [0.5, 0.6) is 0 Å². The minimum Gasteiger partial charge on any atom is -0.385 e. The number of benzene rings is 1. The number of ether oxygens (including phenoxy) is 1. The van der Waals surface area contributed by atoms with Crippen LogP contribution in [0.25, 0.3) is 0 Å². The van der Waals surface area contributed by atoms with Gasteiger partial charge in [0.15, 0.2) is 5.96 Å². The van der Waals surface area contributed by atoms with E-state index in [1.54, 1.807) is 7.11 Å². The van der Waals surface area contributed by atoms with Gasteiger partial charge in [0.2, 0.25) is 0 Å². The molecule has 2 N–H and O–H groups in total. The molecule has 1 aliphatic rings. The van der Waals surface area contributed by atoms with Gasteiger partial charge in [-0.2, -0.15) is 0 Å². The predicted octanol–water partition coefficient (Wildman–Crippen LogP) is 3.15. The molecule has 27 heavy (non-hydrogen) atoms. The SMILES string of the molecule is CCNC(=NCC1(Cc2ccccc2)CC1)NCCN(C)CCCOC.I. The fraction of sp³-hybridized carbons (Fsp3) is 0.667. The molecule has 154 valence electrons. The molecule has 0 spiro atoms. The highest BCUT2D eigenvalue weighted by Crippen LogP contribution is 2.48. The van der Waals surface area contributed by atoms with E-state index in [-0.39, 0.29) is 24.0 Å². The first-order valence-electron chi connectivity index (χ1n) is 9.91. The van der Waals surface area contributed by atoms with Crippen molar-refractivity contribution in [1.29, 1.82) is 0 Å². The maximum absolute atomic E-state index is 5.11. The van der Waals surface area contributed by atoms with Gasteiger partial charge in [-0.3, -0.25) is 4.99 Å². The van der Waals surface area contributed by atoms with Crippen LogP contribution in [0, 0.1) is 5.41 Å². The molecule has 0 aliphatic heterocycles. The topological polar surface area (TPSA) is 48.9 Å². The van der Waals surface area contributed by atoms with Crippen LogP contribution in [0.15, 0.2) is 35.3 Å². The van der Waals surface area contributed by atoms with Gasteiger partial charge in [-0.25, -0.2) is 0 Å². The molecule has 1 fully saturated rings. The van der Waals surface area contributed by atoms with E-state index in [1.807, 2.05) is 0 Å². The van der Waals surface area contributed by atoms with E-state index in [2.05, 4.69) is 59.8 Å². The zero-order valence-corrected chi connectivity index (χ0v) is 19.5. The molecular weight excluding hydrogens is 451 g/mol. The molecule has 1 saturated carbocycles. The Kier molecular flexibility index (Phi) is 11.9. The molecule has 1 aliphatic carbocycles. The summed E-state index contributed by atoms with van der Waals surface area (Å²) in [5.41, 5.74) is 1.80. The van der Waals surface area contributed by atoms with Gasteiger partial charge in [-0.15, -0.1) is 24.0 Å². The van der Waals surface area contributed by atoms with Crippen molar-refractivity contribution < 1.29 is 4.74 Å². The summed E-state index contributed by atoms with van der Waals surface area (Å²) >= 11 is 0. The number of halogens is 1. The third-order valence-electron chi connectivity index (χ3n) is 4.97. The Morgan fingerprint density at radius 3 is 2.56 bits per heavy atom. The van der Waals surface area contributed by atoms with Crippen LogP contribution in [0.1, 0.15) is 31.7 Å². The van der Waals surface area contributed by atoms with E-state index in [1.165, 1.54) is 18.4 Å². The molecule has 0 atom stereocenters. The van der Waals surface area contributed by atoms with E-state index < -0.39 is 0 Å². The first-order chi connectivity index (χ1) is 12.7. The second-order valence-electron chi connectivity index (χ2n) is 7.43. The van der Waals surface area contributed by atoms with Gasteiger partial charge >= 0.3 is 0 Å². The molecule has 5 nitrogen and oxygen atoms in total. The number of likely N-dealkylation sites (N-methyl/N-ethyl adjacent to an activating group) is 1. The first-order valence-corrected chi connectivity index (χ1v) is 9.91. The Morgan fingerprint density at radius 2 is 1.93 bits per heavy atom. The number of aliphatic imine (C=N–C) groups is 1. The Bertz CT molecular complexity index is 534. The first kappa shape index (κ1) is 24.2. The van der Waals surface area contributed by atoms with Crippen molar-refractivity contribution in [3.8, 4) is 0 Å². The molecule has 0 aromatic heterocycles. The van der Waals surface area contributed by atoms with E-state index in [9.17, 15) is 0 Å². The Morgan fingerprint density at radius 1 is 1.19 bits per heavy atom. The fourth-order valence-corrected chi connectivity index (χ4v) is 3.14. The predicted molar refractivity (Wildman–Crippen MR) is 125 cm³/mol. The van der Waals surface area contributed by atoms with Gasteiger partial charge in [-0.05, 0) is 50.6 Å². The van der Waals surface area contributed by atoms with Crippen molar-refractivity contribution >= 4 is 29.9 Å². The van der Waals surface area contributed by atoms with Crippen LogP contribution >= 0.6 is 24.0 Å². The molecule has 0 bridgehead atoms. The molecule has 1 aromatic rings. The molecular formula is C21H37IN4O. The number of methoxy groups -OCH3 is 1. The van der Waals surface area contributed by atoms with Crippen LogP contribution in [0.4, 0.5) is 0 Å². The summed E-state index contributed by atoms with van der Waals surface area (Å²) in [4.78, 5) is 7.20. The smallest absolute Gasteiger partial charge is 0.191 e. The van der Waals surface area contributed by atoms with E-state index in [0.717, 1.165) is 58.1 Å². The van der Waals surface area contributed by atoms with Crippen LogP contribution in [0.2, 0.25) is 0 Å². The molecule has 6 heteroatoms. The lowest BCUT2D eigenvalue weighted by Crippen LogP contribution is -2.41. The van der Waals surface area contributed by atoms with Gasteiger partial charge in [0.05, 0.1) is 0 Å². The van der Waals surface area contributed by atoms with Crippen LogP contribution in [-0.2, 0) is 11.2 Å². The molecule has 0 radical (unpaired) electrons. The summed E-state index contributed by atoms with van der Waals surface area (Å²) in [5, 5.41) is 6.85. The van der Waals surface area contributed by atoms with Crippen molar-refractivity contribution in [1.82, 2.24) is 15.5 Å². The lowest BCUT2D eigenvalue weighted by atomic mass is 9.97. The molecule has 1 aromatic carbocycles. The molecule has 0 saturated heterocycles. The zero-order chi connectivity index (χ0) is 18.7. The summed E-state index contributed by atoms with van der Waals surface area (Å²) in [6, 6.07) is 10.8. The van der Waals surface area contributed by atoms with Crippen molar-refractivity contribution in [2.24, 2.45) is 10.4 Å². The Hall–Kier alpha value is -0.860. The van der Waals surface area contributed by atoms with Crippen LogP contribution < -0.4 is 10.6 Å². The molecule has 2 rings (SSSR count). The number of hydrogen-bond donors (Lipinski definition) is 2. The number of guanidine groups is 1. The summed E-state index contributed by atoms with van der Waals surface area (Å²) in [6.45, 7) is 7.70. The lowest BCUT2D eigenvalue weighted by molar-refractivity contribution is 0.180. The zero-order valence-electron chi connectivity index (χ0n) is 17.2. The van der Waals surface area contributed by atoms with Gasteiger partial charge in [-0.1, -0.05) is 30.3 Å². The van der Waals surface area contributed by atoms with Gasteiger partial charge in [0, 0.05) is 46.4 Å². The summed E-state index contributed by atoms with van der Waals surface area (Å²) in [5.74, 6) is 0.942. The average Bonchev–Trinajstić information content (AvgIpc) is 3.40. The summed E-state index contributed by atoms with van der Waals surface area (Å²) in [6.07, 6.45) is 4.78. The van der Waals surface area contributed by atoms with Gasteiger partial charge in [0.25, 0.3) is 0 Å². The lowest BCUT2D eigenvalue weighted by Gasteiger charge is -2.19. The van der Waals surface area contributed by atoms with Crippen molar-refractivity contribution in [2.75, 3.05) is 53.5 Å². The average molecular weight is 488 g/mol. The number of nitrogens with zero attached hydrogens (tertiary/aromatic N) is 2. The quantitative estimate of drug-likeness (QED) is 0.206. The second kappa shape index (κ2) is 13.3. The van der Waals surface area contributed by atoms with E-state index >= 15 is 0 Å². The van der Waals surface area contributed by atoms with Gasteiger partial charge in [0.1, 0.15) is 0 Å². The monoisotopic (exact) mass is 488 g/mol. The van der Waals surface area contributed by atoms with Crippen molar-refractivity contribution in [2.45, 2.75) is 32.6 Å². The Labute approximate surface area is 182 Å². The largest absolute Gasteiger partial charge is 0.385 e. The highest BCUT2D eigenvalue weighted by atomic mass is 127. The minimum atomic E-state index is 0. The van der Waals surface area contributed by atoms with Crippen molar-refractivity contribution in [3.63, 3.8) is 0 Å². The highest BCUT2D eigenvalue weighted by Gasteiger charge is 2.42. The minimum absolute atomic E-state index is 0. The summed E-state index contributed by atoms with van der Waals surface area (Å²) in [7, 11) is 3.91. The van der Waals surface area contributed by atoms with Crippen molar-refractivity contribution in [3.05, 3.63) is 35.9 Å². The maximum Gasteiger partial charge on any atom is 0.191 e. The van der Waals surface area contributed by atoms with Crippen LogP contribution in [0.3, 0.4) is 0 Å². The molecule has 0 heterocycles. The van der Waals surface area contributed by atoms with Crippen LogP contribution in [-0.4, -0.2) is 64.3 Å². The fourth-order valence-electron chi connectivity index (χ4n) is 3.14.